The maximum Gasteiger partial charge on any atom is 0.00673 e. The van der Waals surface area contributed by atoms with E-state index in [-0.39, 0.29) is 0 Å². The number of nitrogens with one attached hydrogen (secondary N) is 1. The molecule has 1 aliphatic carbocycles. The molecule has 0 heterocycles. The fraction of sp³-hybridized carbons (Fsp3) is 0.875. The van der Waals surface area contributed by atoms with E-state index in [4.69, 9.17) is 0 Å². The average Bonchev–Trinajstić information content (AvgIpc) is 1.60. The van der Waals surface area contributed by atoms with Gasteiger partial charge in [0, 0.05) is 12.6 Å². The van der Waals surface area contributed by atoms with Crippen LogP contribution in [-0.2, 0) is 0 Å². The molecule has 1 fully saturated rings. The molecule has 0 bridgehead atoms. The van der Waals surface area contributed by atoms with Crippen molar-refractivity contribution in [3.63, 3.8) is 0 Å². The molecule has 0 aliphatic heterocycles. The second kappa shape index (κ2) is 3.21. The van der Waals surface area contributed by atoms with Crippen LogP contribution in [0.25, 0.3) is 0 Å². The first-order valence-electron chi connectivity index (χ1n) is 3.81. The molecule has 1 aliphatic rings. The minimum absolute atomic E-state index is 0.847. The van der Waals surface area contributed by atoms with Gasteiger partial charge in [0.15, 0.2) is 0 Å². The summed E-state index contributed by atoms with van der Waals surface area (Å²) in [6.45, 7) is 5.46. The van der Waals surface area contributed by atoms with E-state index >= 15 is 0 Å². The van der Waals surface area contributed by atoms with Gasteiger partial charge in [-0.3, -0.25) is 0 Å². The first-order chi connectivity index (χ1) is 4.29. The molecular formula is C8H16N. The molecule has 0 saturated heterocycles. The Morgan fingerprint density at radius 2 is 2.11 bits per heavy atom. The van der Waals surface area contributed by atoms with Crippen molar-refractivity contribution in [1.29, 1.82) is 0 Å². The molecule has 0 aromatic heterocycles. The van der Waals surface area contributed by atoms with E-state index in [1.807, 2.05) is 0 Å². The van der Waals surface area contributed by atoms with E-state index in [1.165, 1.54) is 25.2 Å². The molecule has 0 unspecified atom stereocenters. The monoisotopic (exact) mass is 126 g/mol. The third-order valence-corrected chi connectivity index (χ3v) is 1.85. The van der Waals surface area contributed by atoms with Crippen LogP contribution in [0.4, 0.5) is 0 Å². The quantitative estimate of drug-likeness (QED) is 0.607. The normalized spacial score (nSPS) is 20.3. The molecule has 53 valence electrons. The van der Waals surface area contributed by atoms with E-state index in [1.54, 1.807) is 0 Å². The topological polar surface area (TPSA) is 12.0 Å². The lowest BCUT2D eigenvalue weighted by molar-refractivity contribution is 0.344. The Morgan fingerprint density at radius 1 is 1.44 bits per heavy atom. The lowest BCUT2D eigenvalue weighted by Gasteiger charge is -2.27. The Labute approximate surface area is 57.8 Å². The van der Waals surface area contributed by atoms with Crippen LogP contribution in [0.5, 0.6) is 0 Å². The second-order valence-electron chi connectivity index (χ2n) is 3.22. The Morgan fingerprint density at radius 3 is 2.44 bits per heavy atom. The molecule has 0 atom stereocenters. The van der Waals surface area contributed by atoms with E-state index in [0.29, 0.717) is 0 Å². The summed E-state index contributed by atoms with van der Waals surface area (Å²) in [4.78, 5) is 0. The van der Waals surface area contributed by atoms with Crippen molar-refractivity contribution < 1.29 is 0 Å². The second-order valence-corrected chi connectivity index (χ2v) is 3.22. The largest absolute Gasteiger partial charge is 0.313 e. The van der Waals surface area contributed by atoms with Crippen LogP contribution in [0.2, 0.25) is 0 Å². The van der Waals surface area contributed by atoms with Gasteiger partial charge in [-0.05, 0) is 18.8 Å². The predicted octanol–water partition coefficient (Wildman–Crippen LogP) is 1.74. The van der Waals surface area contributed by atoms with Crippen LogP contribution in [0, 0.1) is 5.92 Å². The molecule has 0 spiro atoms. The van der Waals surface area contributed by atoms with E-state index in [9.17, 15) is 0 Å². The van der Waals surface area contributed by atoms with Gasteiger partial charge < -0.3 is 5.32 Å². The highest BCUT2D eigenvalue weighted by atomic mass is 14.9. The average molecular weight is 126 g/mol. The van der Waals surface area contributed by atoms with Crippen molar-refractivity contribution in [3.8, 4) is 0 Å². The molecule has 1 N–H and O–H groups in total. The Hall–Kier alpha value is -0.0400. The minimum atomic E-state index is 0.847. The first-order valence-corrected chi connectivity index (χ1v) is 3.81. The van der Waals surface area contributed by atoms with Gasteiger partial charge in [-0.15, -0.1) is 0 Å². The summed E-state index contributed by atoms with van der Waals surface area (Å²) in [6.07, 6.45) is 4.22. The number of hydrogen-bond donors (Lipinski definition) is 1. The lowest BCUT2D eigenvalue weighted by atomic mass is 9.93. The van der Waals surface area contributed by atoms with Gasteiger partial charge in [-0.25, -0.2) is 0 Å². The molecule has 0 amide bonds. The standard InChI is InChI=1S/C8H16N/c1-7(2)6-9-8-4-3-5-8/h8-9H,3-6H2,1-2H3. The van der Waals surface area contributed by atoms with Crippen molar-refractivity contribution in [3.05, 3.63) is 5.92 Å². The van der Waals surface area contributed by atoms with Crippen molar-refractivity contribution in [2.45, 2.75) is 39.2 Å². The van der Waals surface area contributed by atoms with Crippen molar-refractivity contribution in [2.24, 2.45) is 0 Å². The van der Waals surface area contributed by atoms with Crippen LogP contribution in [-0.4, -0.2) is 12.6 Å². The Bertz CT molecular complexity index is 74.6. The summed E-state index contributed by atoms with van der Waals surface area (Å²) in [5.41, 5.74) is 0. The van der Waals surface area contributed by atoms with Gasteiger partial charge in [-0.2, -0.15) is 0 Å². The van der Waals surface area contributed by atoms with Crippen LogP contribution in [0.15, 0.2) is 0 Å². The lowest BCUT2D eigenvalue weighted by Crippen LogP contribution is -2.36. The fourth-order valence-corrected chi connectivity index (χ4v) is 0.961. The van der Waals surface area contributed by atoms with Crippen LogP contribution in [0.1, 0.15) is 33.1 Å². The van der Waals surface area contributed by atoms with Crippen molar-refractivity contribution in [1.82, 2.24) is 5.32 Å². The summed E-state index contributed by atoms with van der Waals surface area (Å²) in [6, 6.07) is 0.847. The third-order valence-electron chi connectivity index (χ3n) is 1.85. The molecule has 1 saturated carbocycles. The molecule has 1 radical (unpaired) electrons. The summed E-state index contributed by atoms with van der Waals surface area (Å²) < 4.78 is 0. The molecule has 1 rings (SSSR count). The summed E-state index contributed by atoms with van der Waals surface area (Å²) in [7, 11) is 0. The summed E-state index contributed by atoms with van der Waals surface area (Å²) >= 11 is 0. The Kier molecular flexibility index (Phi) is 2.52. The maximum absolute atomic E-state index is 3.48. The highest BCUT2D eigenvalue weighted by molar-refractivity contribution is 4.85. The molecule has 0 aromatic carbocycles. The first kappa shape index (κ1) is 7.07. The smallest absolute Gasteiger partial charge is 0.00673 e. The highest BCUT2D eigenvalue weighted by Crippen LogP contribution is 2.17. The summed E-state index contributed by atoms with van der Waals surface area (Å²) in [5.74, 6) is 1.49. The van der Waals surface area contributed by atoms with Gasteiger partial charge in [0.1, 0.15) is 0 Å². The zero-order valence-corrected chi connectivity index (χ0v) is 6.41. The number of hydrogen-bond acceptors (Lipinski definition) is 1. The van der Waals surface area contributed by atoms with Crippen LogP contribution in [0.3, 0.4) is 0 Å². The minimum Gasteiger partial charge on any atom is -0.313 e. The van der Waals surface area contributed by atoms with Crippen LogP contribution < -0.4 is 5.32 Å². The van der Waals surface area contributed by atoms with E-state index < -0.39 is 0 Å². The molecule has 1 nitrogen and oxygen atoms in total. The fourth-order valence-electron chi connectivity index (χ4n) is 0.961. The summed E-state index contributed by atoms with van der Waals surface area (Å²) in [5, 5.41) is 3.48. The SMILES string of the molecule is C[C](C)CNC1CCC1. The zero-order chi connectivity index (χ0) is 6.69. The molecule has 0 aromatic rings. The molecule has 9 heavy (non-hydrogen) atoms. The zero-order valence-electron chi connectivity index (χ0n) is 6.41. The van der Waals surface area contributed by atoms with Gasteiger partial charge in [-0.1, -0.05) is 20.3 Å². The van der Waals surface area contributed by atoms with Crippen molar-refractivity contribution in [2.75, 3.05) is 6.54 Å². The third kappa shape index (κ3) is 2.35. The van der Waals surface area contributed by atoms with E-state index in [0.717, 1.165) is 12.6 Å². The van der Waals surface area contributed by atoms with Gasteiger partial charge in [0.25, 0.3) is 0 Å². The van der Waals surface area contributed by atoms with Gasteiger partial charge >= 0.3 is 0 Å². The van der Waals surface area contributed by atoms with Crippen LogP contribution >= 0.6 is 0 Å². The Balaban J connectivity index is 1.91. The molecule has 1 heteroatoms. The van der Waals surface area contributed by atoms with Gasteiger partial charge in [0.05, 0.1) is 0 Å². The molecular weight excluding hydrogens is 110 g/mol. The van der Waals surface area contributed by atoms with Crippen molar-refractivity contribution >= 4 is 0 Å². The number of rotatable bonds is 3. The maximum atomic E-state index is 3.48. The van der Waals surface area contributed by atoms with Gasteiger partial charge in [0.2, 0.25) is 0 Å². The predicted molar refractivity (Wildman–Crippen MR) is 40.2 cm³/mol. The highest BCUT2D eigenvalue weighted by Gasteiger charge is 2.15. The van der Waals surface area contributed by atoms with E-state index in [2.05, 4.69) is 19.2 Å².